The van der Waals surface area contributed by atoms with Crippen LogP contribution in [0.15, 0.2) is 52.2 Å². The van der Waals surface area contributed by atoms with Crippen LogP contribution in [0.25, 0.3) is 0 Å². The molecule has 1 aromatic rings. The van der Waals surface area contributed by atoms with E-state index in [9.17, 15) is 4.79 Å². The Balaban J connectivity index is 1.77. The first-order valence-electron chi connectivity index (χ1n) is 9.51. The molecule has 28 heavy (non-hydrogen) atoms. The summed E-state index contributed by atoms with van der Waals surface area (Å²) in [5.74, 6) is 0. The van der Waals surface area contributed by atoms with Gasteiger partial charge in [-0.2, -0.15) is 0 Å². The van der Waals surface area contributed by atoms with E-state index in [-0.39, 0.29) is 22.4 Å². The smallest absolute Gasteiger partial charge is 0.322 e. The summed E-state index contributed by atoms with van der Waals surface area (Å²) in [4.78, 5) is 24.2. The van der Waals surface area contributed by atoms with E-state index in [1.807, 2.05) is 6.92 Å². The number of nitrogens with one attached hydrogen (secondary N) is 1. The van der Waals surface area contributed by atoms with E-state index >= 15 is 0 Å². The number of carbonyl (C=O) groups excluding carboxylic acids is 1. The van der Waals surface area contributed by atoms with Crippen LogP contribution in [0, 0.1) is 0 Å². The minimum absolute atomic E-state index is 0.00297. The highest BCUT2D eigenvalue weighted by molar-refractivity contribution is 6.65. The number of nitrogens with zero attached hydrogens (tertiary/aromatic N) is 4. The van der Waals surface area contributed by atoms with Crippen LogP contribution < -0.4 is 5.32 Å². The number of benzene rings is 1. The third kappa shape index (κ3) is 3.84. The number of urea groups is 1. The zero-order valence-electron chi connectivity index (χ0n) is 16.8. The number of hydrogen-bond acceptors (Lipinski definition) is 3. The Bertz CT molecular complexity index is 794. The third-order valence-corrected chi connectivity index (χ3v) is 6.41. The van der Waals surface area contributed by atoms with Crippen LogP contribution in [-0.2, 0) is 5.54 Å². The molecule has 1 aromatic carbocycles. The fourth-order valence-electron chi connectivity index (χ4n) is 4.42. The molecule has 1 spiro atoms. The molecule has 6 nitrogen and oxygen atoms in total. The molecule has 1 saturated heterocycles. The SMILES string of the molecule is C=N/C(Cl)=N\C=C(/C)N1C[C@]2(CC[C@](c3ccccc3)(N(C)C)CC2)NC1=O. The molecule has 0 unspecified atom stereocenters. The van der Waals surface area contributed by atoms with E-state index < -0.39 is 0 Å². The first kappa shape index (κ1) is 20.6. The summed E-state index contributed by atoms with van der Waals surface area (Å²) in [7, 11) is 4.29. The molecule has 0 aromatic heterocycles. The molecule has 0 bridgehead atoms. The Morgan fingerprint density at radius 2 is 1.89 bits per heavy atom. The second kappa shape index (κ2) is 8.05. The molecule has 3 rings (SSSR count). The van der Waals surface area contributed by atoms with Gasteiger partial charge in [0.25, 0.3) is 0 Å². The number of amides is 2. The fraction of sp³-hybridized carbons (Fsp3) is 0.476. The van der Waals surface area contributed by atoms with Crippen LogP contribution in [0.1, 0.15) is 38.2 Å². The van der Waals surface area contributed by atoms with Crippen LogP contribution in [0.2, 0.25) is 0 Å². The van der Waals surface area contributed by atoms with E-state index in [1.54, 1.807) is 11.1 Å². The average molecular weight is 402 g/mol. The number of allylic oxidation sites excluding steroid dienone is 1. The van der Waals surface area contributed by atoms with Crippen molar-refractivity contribution in [2.45, 2.75) is 43.7 Å². The van der Waals surface area contributed by atoms with E-state index in [1.165, 1.54) is 5.56 Å². The average Bonchev–Trinajstić information content (AvgIpc) is 3.03. The number of rotatable bonds is 4. The fourth-order valence-corrected chi connectivity index (χ4v) is 4.47. The minimum atomic E-state index is -0.204. The summed E-state index contributed by atoms with van der Waals surface area (Å²) in [6.07, 6.45) is 5.39. The number of amidine groups is 1. The van der Waals surface area contributed by atoms with Gasteiger partial charge in [-0.25, -0.2) is 14.8 Å². The zero-order valence-corrected chi connectivity index (χ0v) is 17.5. The Labute approximate surface area is 172 Å². The molecule has 7 heteroatoms. The van der Waals surface area contributed by atoms with Crippen molar-refractivity contribution in [3.8, 4) is 0 Å². The van der Waals surface area contributed by atoms with Crippen molar-refractivity contribution in [2.24, 2.45) is 9.98 Å². The maximum atomic E-state index is 12.6. The van der Waals surface area contributed by atoms with Gasteiger partial charge in [0.1, 0.15) is 0 Å². The summed E-state index contributed by atoms with van der Waals surface area (Å²) < 4.78 is 0. The molecule has 2 fully saturated rings. The highest BCUT2D eigenvalue weighted by Gasteiger charge is 2.50. The molecule has 2 amide bonds. The second-order valence-electron chi connectivity index (χ2n) is 7.92. The molecule has 0 atom stereocenters. The van der Waals surface area contributed by atoms with Crippen LogP contribution in [0.3, 0.4) is 0 Å². The van der Waals surface area contributed by atoms with Crippen LogP contribution in [0.5, 0.6) is 0 Å². The van der Waals surface area contributed by atoms with Crippen LogP contribution in [0.4, 0.5) is 4.79 Å². The lowest BCUT2D eigenvalue weighted by Crippen LogP contribution is -2.53. The molecule has 1 aliphatic heterocycles. The lowest BCUT2D eigenvalue weighted by atomic mass is 9.69. The predicted molar refractivity (Wildman–Crippen MR) is 115 cm³/mol. The van der Waals surface area contributed by atoms with E-state index in [4.69, 9.17) is 11.6 Å². The number of carbonyl (C=O) groups is 1. The summed E-state index contributed by atoms with van der Waals surface area (Å²) in [5, 5.41) is 3.30. The van der Waals surface area contributed by atoms with Gasteiger partial charge in [-0.15, -0.1) is 0 Å². The number of aliphatic imine (C=N–C) groups is 2. The van der Waals surface area contributed by atoms with Crippen molar-refractivity contribution in [1.29, 1.82) is 0 Å². The van der Waals surface area contributed by atoms with Gasteiger partial charge >= 0.3 is 6.03 Å². The van der Waals surface area contributed by atoms with Crippen molar-refractivity contribution in [3.05, 3.63) is 47.8 Å². The number of halogens is 1. The summed E-state index contributed by atoms with van der Waals surface area (Å²) in [6, 6.07) is 10.6. The number of hydrogen-bond donors (Lipinski definition) is 1. The van der Waals surface area contributed by atoms with Gasteiger partial charge in [-0.05, 0) is 70.6 Å². The standard InChI is InChI=1S/C21H28ClN5O/c1-16(14-24-18(22)23-2)27-15-20(25-19(27)28)10-12-21(13-11-20,26(3)4)17-8-6-5-7-9-17/h5-9,14H,2,10-13,15H2,1,3-4H3,(H,25,28)/b16-14+,24-18-/t20-,21+. The Morgan fingerprint density at radius 1 is 1.25 bits per heavy atom. The van der Waals surface area contributed by atoms with Crippen molar-refractivity contribution in [1.82, 2.24) is 15.1 Å². The maximum Gasteiger partial charge on any atom is 0.322 e. The summed E-state index contributed by atoms with van der Waals surface area (Å²) in [6.45, 7) is 5.83. The Kier molecular flexibility index (Phi) is 5.91. The van der Waals surface area contributed by atoms with Gasteiger partial charge in [0.05, 0.1) is 12.1 Å². The van der Waals surface area contributed by atoms with Crippen molar-refractivity contribution in [3.63, 3.8) is 0 Å². The van der Waals surface area contributed by atoms with Crippen molar-refractivity contribution in [2.75, 3.05) is 20.6 Å². The molecular formula is C21H28ClN5O. The topological polar surface area (TPSA) is 60.3 Å². The maximum absolute atomic E-state index is 12.6. The van der Waals surface area contributed by atoms with Gasteiger partial charge in [-0.1, -0.05) is 30.3 Å². The monoisotopic (exact) mass is 401 g/mol. The largest absolute Gasteiger partial charge is 0.330 e. The van der Waals surface area contributed by atoms with Crippen molar-refractivity contribution < 1.29 is 4.79 Å². The Morgan fingerprint density at radius 3 is 2.46 bits per heavy atom. The van der Waals surface area contributed by atoms with Gasteiger partial charge < -0.3 is 5.32 Å². The second-order valence-corrected chi connectivity index (χ2v) is 8.25. The van der Waals surface area contributed by atoms with Gasteiger partial charge in [0.15, 0.2) is 0 Å². The van der Waals surface area contributed by atoms with Gasteiger partial charge in [0, 0.05) is 17.4 Å². The van der Waals surface area contributed by atoms with Gasteiger partial charge in [-0.3, -0.25) is 9.80 Å². The molecule has 1 aliphatic carbocycles. The summed E-state index contributed by atoms with van der Waals surface area (Å²) in [5.41, 5.74) is 1.88. The Hall–Kier alpha value is -2.18. The first-order valence-corrected chi connectivity index (χ1v) is 9.89. The van der Waals surface area contributed by atoms with E-state index in [0.717, 1.165) is 31.4 Å². The molecule has 150 valence electrons. The molecule has 1 heterocycles. The van der Waals surface area contributed by atoms with E-state index in [2.05, 4.69) is 71.3 Å². The van der Waals surface area contributed by atoms with Gasteiger partial charge in [0.2, 0.25) is 5.29 Å². The predicted octanol–water partition coefficient (Wildman–Crippen LogP) is 3.94. The minimum Gasteiger partial charge on any atom is -0.330 e. The molecule has 1 N–H and O–H groups in total. The molecule has 1 saturated carbocycles. The molecule has 0 radical (unpaired) electrons. The highest BCUT2D eigenvalue weighted by atomic mass is 35.5. The molecular weight excluding hydrogens is 374 g/mol. The first-order chi connectivity index (χ1) is 13.3. The van der Waals surface area contributed by atoms with Crippen LogP contribution >= 0.6 is 11.6 Å². The summed E-state index contributed by atoms with van der Waals surface area (Å²) >= 11 is 5.77. The lowest BCUT2D eigenvalue weighted by molar-refractivity contribution is 0.0629. The molecule has 2 aliphatic rings. The van der Waals surface area contributed by atoms with Crippen molar-refractivity contribution >= 4 is 29.6 Å². The highest BCUT2D eigenvalue weighted by Crippen LogP contribution is 2.46. The third-order valence-electron chi connectivity index (χ3n) is 6.19. The lowest BCUT2D eigenvalue weighted by Gasteiger charge is -2.48. The van der Waals surface area contributed by atoms with E-state index in [0.29, 0.717) is 6.54 Å². The van der Waals surface area contributed by atoms with Crippen LogP contribution in [-0.4, -0.2) is 54.0 Å². The quantitative estimate of drug-likeness (QED) is 0.472. The normalized spacial score (nSPS) is 28.8. The zero-order chi connectivity index (χ0) is 20.4.